The van der Waals surface area contributed by atoms with E-state index in [1.165, 1.54) is 12.1 Å². The lowest BCUT2D eigenvalue weighted by atomic mass is 9.84. The van der Waals surface area contributed by atoms with E-state index in [-0.39, 0.29) is 11.2 Å². The van der Waals surface area contributed by atoms with Gasteiger partial charge < -0.3 is 10.6 Å². The summed E-state index contributed by atoms with van der Waals surface area (Å²) in [5.41, 5.74) is 3.17. The summed E-state index contributed by atoms with van der Waals surface area (Å²) >= 11 is 0. The number of hydrogen-bond acceptors (Lipinski definition) is 6. The molecule has 4 rings (SSSR count). The topological polar surface area (TPSA) is 91.4 Å². The van der Waals surface area contributed by atoms with E-state index in [1.807, 2.05) is 37.4 Å². The van der Waals surface area contributed by atoms with Crippen LogP contribution >= 0.6 is 0 Å². The Morgan fingerprint density at radius 1 is 1.07 bits per heavy atom. The highest BCUT2D eigenvalue weighted by molar-refractivity contribution is 5.89. The molecule has 0 amide bonds. The van der Waals surface area contributed by atoms with E-state index in [0.29, 0.717) is 18.0 Å². The molecule has 0 atom stereocenters. The minimum Gasteiger partial charge on any atom is -0.371 e. The average Bonchev–Trinajstić information content (AvgIpc) is 3.15. The van der Waals surface area contributed by atoms with Gasteiger partial charge in [-0.1, -0.05) is 26.0 Å². The summed E-state index contributed by atoms with van der Waals surface area (Å²) in [7, 11) is 1.82. The van der Waals surface area contributed by atoms with Gasteiger partial charge in [0.1, 0.15) is 11.6 Å². The highest BCUT2D eigenvalue weighted by Crippen LogP contribution is 2.26. The van der Waals surface area contributed by atoms with Gasteiger partial charge in [-0.25, -0.2) is 9.37 Å². The van der Waals surface area contributed by atoms with Gasteiger partial charge in [-0.2, -0.15) is 5.10 Å². The third kappa shape index (κ3) is 3.87. The molecule has 0 aliphatic carbocycles. The van der Waals surface area contributed by atoms with Crippen LogP contribution in [0, 0.1) is 5.82 Å². The smallest absolute Gasteiger partial charge is 0.157 e. The molecule has 8 heteroatoms. The van der Waals surface area contributed by atoms with Crippen molar-refractivity contribution in [2.24, 2.45) is 0 Å². The zero-order chi connectivity index (χ0) is 20.4. The number of halogens is 1. The molecule has 0 unspecified atom stereocenters. The molecule has 0 aliphatic rings. The summed E-state index contributed by atoms with van der Waals surface area (Å²) in [4.78, 5) is 4.39. The van der Waals surface area contributed by atoms with Gasteiger partial charge in [0.2, 0.25) is 0 Å². The maximum atomic E-state index is 13.2. The Bertz CT molecular complexity index is 1120. The van der Waals surface area contributed by atoms with Crippen LogP contribution in [-0.4, -0.2) is 39.0 Å². The normalized spacial score (nSPS) is 11.6. The second kappa shape index (κ2) is 7.46. The van der Waals surface area contributed by atoms with E-state index in [0.717, 1.165) is 28.0 Å². The first kappa shape index (κ1) is 18.8. The monoisotopic (exact) mass is 391 g/mol. The molecule has 4 aromatic rings. The predicted octanol–water partition coefficient (Wildman–Crippen LogP) is 3.99. The lowest BCUT2D eigenvalue weighted by Gasteiger charge is -2.25. The average molecular weight is 391 g/mol. The number of nitrogens with one attached hydrogen (secondary N) is 3. The van der Waals surface area contributed by atoms with Gasteiger partial charge in [-0.05, 0) is 35.9 Å². The summed E-state index contributed by atoms with van der Waals surface area (Å²) in [6.07, 6.45) is 1.74. The summed E-state index contributed by atoms with van der Waals surface area (Å²) in [6.45, 7) is 4.83. The van der Waals surface area contributed by atoms with E-state index in [9.17, 15) is 4.39 Å². The molecule has 0 aliphatic heterocycles. The standard InChI is InChI=1S/C21H22FN7/c1-21(2,14-4-6-15(22)7-5-14)12-25-18-9-8-17(26-27-18)13-10-16-19(23-3)28-29-20(16)24-11-13/h4-11H,12H2,1-3H3,(H,25,27)(H2,23,24,28,29). The van der Waals surface area contributed by atoms with Crippen LogP contribution in [0.15, 0.2) is 48.7 Å². The molecule has 7 nitrogen and oxygen atoms in total. The van der Waals surface area contributed by atoms with Gasteiger partial charge in [0.05, 0.1) is 11.1 Å². The van der Waals surface area contributed by atoms with Crippen LogP contribution in [0.5, 0.6) is 0 Å². The Morgan fingerprint density at radius 3 is 2.55 bits per heavy atom. The third-order valence-corrected chi connectivity index (χ3v) is 4.95. The summed E-state index contributed by atoms with van der Waals surface area (Å²) in [6, 6.07) is 12.4. The van der Waals surface area contributed by atoms with Crippen LogP contribution in [0.4, 0.5) is 16.0 Å². The van der Waals surface area contributed by atoms with Crippen molar-refractivity contribution < 1.29 is 4.39 Å². The van der Waals surface area contributed by atoms with Gasteiger partial charge in [0, 0.05) is 30.8 Å². The van der Waals surface area contributed by atoms with Gasteiger partial charge in [-0.3, -0.25) is 5.10 Å². The lowest BCUT2D eigenvalue weighted by Crippen LogP contribution is -2.28. The van der Waals surface area contributed by atoms with E-state index in [1.54, 1.807) is 6.20 Å². The number of benzene rings is 1. The van der Waals surface area contributed by atoms with Crippen molar-refractivity contribution in [3.8, 4) is 11.3 Å². The third-order valence-electron chi connectivity index (χ3n) is 4.95. The molecule has 0 saturated carbocycles. The molecule has 0 saturated heterocycles. The number of hydrogen-bond donors (Lipinski definition) is 3. The SMILES string of the molecule is CNc1n[nH]c2ncc(-c3ccc(NCC(C)(C)c4ccc(F)cc4)nn3)cc12. The van der Waals surface area contributed by atoms with Crippen molar-refractivity contribution in [3.63, 3.8) is 0 Å². The quantitative estimate of drug-likeness (QED) is 0.460. The minimum atomic E-state index is -0.232. The molecule has 3 aromatic heterocycles. The molecule has 0 fully saturated rings. The van der Waals surface area contributed by atoms with Gasteiger partial charge in [-0.15, -0.1) is 10.2 Å². The summed E-state index contributed by atoms with van der Waals surface area (Å²) in [5.74, 6) is 1.18. The molecule has 3 heterocycles. The lowest BCUT2D eigenvalue weighted by molar-refractivity contribution is 0.552. The molecule has 1 aromatic carbocycles. The van der Waals surface area contributed by atoms with E-state index in [4.69, 9.17) is 0 Å². The van der Waals surface area contributed by atoms with E-state index in [2.05, 4.69) is 49.9 Å². The Kier molecular flexibility index (Phi) is 4.84. The largest absolute Gasteiger partial charge is 0.371 e. The fourth-order valence-corrected chi connectivity index (χ4v) is 3.13. The van der Waals surface area contributed by atoms with Crippen LogP contribution in [0.25, 0.3) is 22.3 Å². The van der Waals surface area contributed by atoms with Crippen LogP contribution in [-0.2, 0) is 5.41 Å². The number of pyridine rings is 1. The zero-order valence-corrected chi connectivity index (χ0v) is 16.5. The molecule has 148 valence electrons. The number of aromatic amines is 1. The summed E-state index contributed by atoms with van der Waals surface area (Å²) < 4.78 is 13.2. The fourth-order valence-electron chi connectivity index (χ4n) is 3.13. The van der Waals surface area contributed by atoms with Crippen LogP contribution in [0.2, 0.25) is 0 Å². The Hall–Kier alpha value is -3.55. The first-order chi connectivity index (χ1) is 14.0. The maximum Gasteiger partial charge on any atom is 0.157 e. The first-order valence-corrected chi connectivity index (χ1v) is 9.32. The fraction of sp³-hybridized carbons (Fsp3) is 0.238. The zero-order valence-electron chi connectivity index (χ0n) is 16.5. The minimum absolute atomic E-state index is 0.187. The van der Waals surface area contributed by atoms with Crippen molar-refractivity contribution in [3.05, 3.63) is 60.0 Å². The maximum absolute atomic E-state index is 13.2. The molecule has 3 N–H and O–H groups in total. The number of nitrogens with zero attached hydrogens (tertiary/aromatic N) is 4. The number of anilines is 2. The Morgan fingerprint density at radius 2 is 1.86 bits per heavy atom. The van der Waals surface area contributed by atoms with Gasteiger partial charge >= 0.3 is 0 Å². The van der Waals surface area contributed by atoms with Crippen molar-refractivity contribution >= 4 is 22.7 Å². The number of H-pyrrole nitrogens is 1. The van der Waals surface area contributed by atoms with Crippen molar-refractivity contribution in [2.45, 2.75) is 19.3 Å². The Balaban J connectivity index is 1.48. The molecule has 0 bridgehead atoms. The molecule has 0 spiro atoms. The molecule has 29 heavy (non-hydrogen) atoms. The molecular formula is C21H22FN7. The first-order valence-electron chi connectivity index (χ1n) is 9.32. The van der Waals surface area contributed by atoms with Gasteiger partial charge in [0.25, 0.3) is 0 Å². The Labute approximate surface area is 167 Å². The second-order valence-corrected chi connectivity index (χ2v) is 7.49. The van der Waals surface area contributed by atoms with Crippen molar-refractivity contribution in [2.75, 3.05) is 24.2 Å². The second-order valence-electron chi connectivity index (χ2n) is 7.49. The molecule has 0 radical (unpaired) electrons. The van der Waals surface area contributed by atoms with Crippen molar-refractivity contribution in [1.82, 2.24) is 25.4 Å². The van der Waals surface area contributed by atoms with E-state index < -0.39 is 0 Å². The van der Waals surface area contributed by atoms with Crippen LogP contribution < -0.4 is 10.6 Å². The highest BCUT2D eigenvalue weighted by Gasteiger charge is 2.20. The highest BCUT2D eigenvalue weighted by atomic mass is 19.1. The number of rotatable bonds is 6. The number of aromatic nitrogens is 5. The summed E-state index contributed by atoms with van der Waals surface area (Å²) in [5, 5.41) is 22.9. The molecular weight excluding hydrogens is 369 g/mol. The van der Waals surface area contributed by atoms with E-state index >= 15 is 0 Å². The number of fused-ring (bicyclic) bond motifs is 1. The van der Waals surface area contributed by atoms with Gasteiger partial charge in [0.15, 0.2) is 11.5 Å². The van der Waals surface area contributed by atoms with Crippen LogP contribution in [0.3, 0.4) is 0 Å². The predicted molar refractivity (Wildman–Crippen MR) is 112 cm³/mol. The van der Waals surface area contributed by atoms with Crippen LogP contribution in [0.1, 0.15) is 19.4 Å². The van der Waals surface area contributed by atoms with Crippen molar-refractivity contribution in [1.29, 1.82) is 0 Å².